The molecule has 0 unspecified atom stereocenters. The van der Waals surface area contributed by atoms with Crippen LogP contribution in [0.2, 0.25) is 0 Å². The van der Waals surface area contributed by atoms with Crippen LogP contribution in [0, 0.1) is 11.3 Å². The highest BCUT2D eigenvalue weighted by atomic mass is 16.5. The molecule has 0 radical (unpaired) electrons. The van der Waals surface area contributed by atoms with E-state index in [0.29, 0.717) is 31.0 Å². The fourth-order valence-electron chi connectivity index (χ4n) is 2.29. The minimum atomic E-state index is -0.407. The number of aliphatic hydroxyl groups is 1. The lowest BCUT2D eigenvalue weighted by Crippen LogP contribution is -2.27. The summed E-state index contributed by atoms with van der Waals surface area (Å²) in [5, 5.41) is 23.5. The first-order valence-corrected chi connectivity index (χ1v) is 8.59. The number of ether oxygens (including phenoxy) is 2. The quantitative estimate of drug-likeness (QED) is 0.296. The molecule has 0 aliphatic heterocycles. The number of nitrogens with zero attached hydrogens (tertiary/aromatic N) is 1. The SMILES string of the molecule is COc1ccc(CCNC(=O)/C(C#N)=C\NCCCCCO)cc1OC. The van der Waals surface area contributed by atoms with Gasteiger partial charge in [-0.25, -0.2) is 0 Å². The summed E-state index contributed by atoms with van der Waals surface area (Å²) in [5.41, 5.74) is 1.03. The van der Waals surface area contributed by atoms with Crippen LogP contribution in [0.1, 0.15) is 24.8 Å². The first-order valence-electron chi connectivity index (χ1n) is 8.59. The van der Waals surface area contributed by atoms with Gasteiger partial charge in [-0.2, -0.15) is 5.26 Å². The molecule has 1 amide bonds. The second-order valence-electron chi connectivity index (χ2n) is 5.60. The average molecular weight is 361 g/mol. The molecule has 0 bridgehead atoms. The molecule has 1 aromatic rings. The third kappa shape index (κ3) is 7.45. The summed E-state index contributed by atoms with van der Waals surface area (Å²) < 4.78 is 10.4. The maximum Gasteiger partial charge on any atom is 0.263 e. The number of methoxy groups -OCH3 is 2. The van der Waals surface area contributed by atoms with Crippen molar-refractivity contribution in [1.82, 2.24) is 10.6 Å². The molecule has 0 saturated carbocycles. The molecule has 0 saturated heterocycles. The van der Waals surface area contributed by atoms with E-state index in [1.807, 2.05) is 24.3 Å². The highest BCUT2D eigenvalue weighted by Crippen LogP contribution is 2.27. The highest BCUT2D eigenvalue weighted by molar-refractivity contribution is 5.97. The van der Waals surface area contributed by atoms with Crippen LogP contribution < -0.4 is 20.1 Å². The van der Waals surface area contributed by atoms with Crippen molar-refractivity contribution in [2.75, 3.05) is 33.9 Å². The molecule has 0 atom stereocenters. The smallest absolute Gasteiger partial charge is 0.263 e. The number of hydrogen-bond donors (Lipinski definition) is 3. The third-order valence-electron chi connectivity index (χ3n) is 3.74. The Bertz CT molecular complexity index is 638. The minimum absolute atomic E-state index is 0.0412. The lowest BCUT2D eigenvalue weighted by molar-refractivity contribution is -0.117. The summed E-state index contributed by atoms with van der Waals surface area (Å²) in [6.07, 6.45) is 4.57. The van der Waals surface area contributed by atoms with Crippen LogP contribution in [-0.4, -0.2) is 44.9 Å². The van der Waals surface area contributed by atoms with E-state index in [2.05, 4.69) is 10.6 Å². The minimum Gasteiger partial charge on any atom is -0.493 e. The van der Waals surface area contributed by atoms with Gasteiger partial charge >= 0.3 is 0 Å². The molecular formula is C19H27N3O4. The second kappa shape index (κ2) is 12.6. The number of hydrogen-bond acceptors (Lipinski definition) is 6. The van der Waals surface area contributed by atoms with E-state index >= 15 is 0 Å². The van der Waals surface area contributed by atoms with Crippen LogP contribution >= 0.6 is 0 Å². The third-order valence-corrected chi connectivity index (χ3v) is 3.74. The predicted molar refractivity (Wildman–Crippen MR) is 98.9 cm³/mol. The van der Waals surface area contributed by atoms with E-state index in [4.69, 9.17) is 19.8 Å². The molecule has 0 aliphatic carbocycles. The van der Waals surface area contributed by atoms with E-state index in [9.17, 15) is 4.79 Å². The Morgan fingerprint density at radius 3 is 2.62 bits per heavy atom. The van der Waals surface area contributed by atoms with Crippen LogP contribution in [0.3, 0.4) is 0 Å². The molecule has 7 heteroatoms. The van der Waals surface area contributed by atoms with Gasteiger partial charge in [0.1, 0.15) is 11.6 Å². The van der Waals surface area contributed by atoms with Crippen molar-refractivity contribution in [1.29, 1.82) is 5.26 Å². The van der Waals surface area contributed by atoms with Crippen molar-refractivity contribution in [2.45, 2.75) is 25.7 Å². The van der Waals surface area contributed by atoms with Crippen LogP contribution in [0.4, 0.5) is 0 Å². The van der Waals surface area contributed by atoms with Crippen LogP contribution in [0.25, 0.3) is 0 Å². The molecule has 3 N–H and O–H groups in total. The van der Waals surface area contributed by atoms with Crippen molar-refractivity contribution in [3.8, 4) is 17.6 Å². The molecule has 0 heterocycles. The van der Waals surface area contributed by atoms with Crippen molar-refractivity contribution >= 4 is 5.91 Å². The summed E-state index contributed by atoms with van der Waals surface area (Å²) in [4.78, 5) is 12.0. The van der Waals surface area contributed by atoms with E-state index < -0.39 is 5.91 Å². The highest BCUT2D eigenvalue weighted by Gasteiger charge is 2.09. The molecule has 142 valence electrons. The number of unbranched alkanes of at least 4 members (excludes halogenated alkanes) is 2. The van der Waals surface area contributed by atoms with Gasteiger partial charge in [-0.15, -0.1) is 0 Å². The molecule has 1 aromatic carbocycles. The van der Waals surface area contributed by atoms with Gasteiger partial charge in [-0.05, 0) is 43.4 Å². The van der Waals surface area contributed by atoms with E-state index in [1.165, 1.54) is 6.20 Å². The van der Waals surface area contributed by atoms with Gasteiger partial charge in [0.2, 0.25) is 0 Å². The molecule has 0 fully saturated rings. The first-order chi connectivity index (χ1) is 12.7. The summed E-state index contributed by atoms with van der Waals surface area (Å²) in [7, 11) is 3.15. The van der Waals surface area contributed by atoms with Gasteiger partial charge in [-0.3, -0.25) is 4.79 Å². The second-order valence-corrected chi connectivity index (χ2v) is 5.60. The Balaban J connectivity index is 2.43. The van der Waals surface area contributed by atoms with E-state index in [0.717, 1.165) is 24.8 Å². The zero-order chi connectivity index (χ0) is 19.2. The summed E-state index contributed by atoms with van der Waals surface area (Å²) >= 11 is 0. The van der Waals surface area contributed by atoms with Crippen molar-refractivity contribution < 1.29 is 19.4 Å². The summed E-state index contributed by atoms with van der Waals surface area (Å²) in [6, 6.07) is 7.48. The van der Waals surface area contributed by atoms with Gasteiger partial charge in [0.25, 0.3) is 5.91 Å². The molecular weight excluding hydrogens is 334 g/mol. The van der Waals surface area contributed by atoms with Gasteiger partial charge in [-0.1, -0.05) is 6.07 Å². The monoisotopic (exact) mass is 361 g/mol. The topological polar surface area (TPSA) is 104 Å². The number of rotatable bonds is 12. The van der Waals surface area contributed by atoms with Crippen molar-refractivity contribution in [3.05, 3.63) is 35.5 Å². The maximum absolute atomic E-state index is 12.0. The van der Waals surface area contributed by atoms with Crippen molar-refractivity contribution in [2.24, 2.45) is 0 Å². The Morgan fingerprint density at radius 2 is 1.96 bits per heavy atom. The molecule has 0 aromatic heterocycles. The van der Waals surface area contributed by atoms with Crippen LogP contribution in [0.15, 0.2) is 30.0 Å². The fraction of sp³-hybridized carbons (Fsp3) is 0.474. The van der Waals surface area contributed by atoms with Gasteiger partial charge in [0, 0.05) is 25.9 Å². The normalized spacial score (nSPS) is 10.8. The van der Waals surface area contributed by atoms with E-state index in [1.54, 1.807) is 14.2 Å². The summed E-state index contributed by atoms with van der Waals surface area (Å²) in [6.45, 7) is 1.25. The Morgan fingerprint density at radius 1 is 1.19 bits per heavy atom. The average Bonchev–Trinajstić information content (AvgIpc) is 2.67. The lowest BCUT2D eigenvalue weighted by Gasteiger charge is -2.10. The standard InChI is InChI=1S/C19H27N3O4/c1-25-17-7-6-15(12-18(17)26-2)8-10-22-19(24)16(13-20)14-21-9-4-3-5-11-23/h6-7,12,14,21,23H,3-5,8-11H2,1-2H3,(H,22,24)/b16-14-. The molecule has 7 nitrogen and oxygen atoms in total. The zero-order valence-electron chi connectivity index (χ0n) is 15.4. The number of carbonyl (C=O) groups excluding carboxylic acids is 1. The molecule has 0 spiro atoms. The van der Waals surface area contributed by atoms with Crippen LogP contribution in [-0.2, 0) is 11.2 Å². The van der Waals surface area contributed by atoms with E-state index in [-0.39, 0.29) is 12.2 Å². The van der Waals surface area contributed by atoms with Gasteiger partial charge in [0.15, 0.2) is 11.5 Å². The number of benzene rings is 1. The van der Waals surface area contributed by atoms with Gasteiger partial charge in [0.05, 0.1) is 14.2 Å². The number of carbonyl (C=O) groups is 1. The first kappa shape index (κ1) is 21.3. The summed E-state index contributed by atoms with van der Waals surface area (Å²) in [5.74, 6) is 0.884. The fourth-order valence-corrected chi connectivity index (χ4v) is 2.29. The van der Waals surface area contributed by atoms with Crippen molar-refractivity contribution in [3.63, 3.8) is 0 Å². The Labute approximate surface area is 154 Å². The Hall–Kier alpha value is -2.72. The molecule has 26 heavy (non-hydrogen) atoms. The Kier molecular flexibility index (Phi) is 10.3. The largest absolute Gasteiger partial charge is 0.493 e. The lowest BCUT2D eigenvalue weighted by atomic mass is 10.1. The zero-order valence-corrected chi connectivity index (χ0v) is 15.4. The molecule has 0 aliphatic rings. The number of nitriles is 1. The maximum atomic E-state index is 12.0. The molecule has 1 rings (SSSR count). The number of nitrogens with one attached hydrogen (secondary N) is 2. The van der Waals surface area contributed by atoms with Gasteiger partial charge < -0.3 is 25.2 Å². The number of amides is 1. The van der Waals surface area contributed by atoms with Crippen LogP contribution in [0.5, 0.6) is 11.5 Å². The number of aliphatic hydroxyl groups excluding tert-OH is 1. The predicted octanol–water partition coefficient (Wildman–Crippen LogP) is 1.52.